The molecule has 1 amide bonds. The van der Waals surface area contributed by atoms with Crippen molar-refractivity contribution in [3.8, 4) is 5.75 Å². The van der Waals surface area contributed by atoms with Crippen molar-refractivity contribution in [2.45, 2.75) is 39.6 Å². The summed E-state index contributed by atoms with van der Waals surface area (Å²) >= 11 is 0. The molecule has 0 saturated heterocycles. The summed E-state index contributed by atoms with van der Waals surface area (Å²) in [5.41, 5.74) is 1.00. The Balaban J connectivity index is 1.76. The minimum absolute atomic E-state index is 0.0774. The molecule has 2 atom stereocenters. The number of carbonyl (C=O) groups excluding carboxylic acids is 2. The van der Waals surface area contributed by atoms with E-state index in [1.54, 1.807) is 25.1 Å². The molecule has 7 nitrogen and oxygen atoms in total. The van der Waals surface area contributed by atoms with Gasteiger partial charge < -0.3 is 9.84 Å². The van der Waals surface area contributed by atoms with Crippen LogP contribution in [0.1, 0.15) is 37.6 Å². The van der Waals surface area contributed by atoms with Gasteiger partial charge in [0.25, 0.3) is 5.91 Å². The highest BCUT2D eigenvalue weighted by molar-refractivity contribution is 6.21. The average Bonchev–Trinajstić information content (AvgIpc) is 3.09. The Hall–Kier alpha value is -3.95. The molecule has 1 aliphatic carbocycles. The quantitative estimate of drug-likeness (QED) is 0.579. The number of ketones is 1. The van der Waals surface area contributed by atoms with Gasteiger partial charge in [-0.2, -0.15) is 5.10 Å². The number of aryl methyl sites for hydroxylation is 1. The summed E-state index contributed by atoms with van der Waals surface area (Å²) in [5.74, 6) is -1.92. The molecule has 1 aliphatic heterocycles. The lowest BCUT2D eigenvalue weighted by Gasteiger charge is -2.26. The van der Waals surface area contributed by atoms with E-state index in [2.05, 4.69) is 28.8 Å². The van der Waals surface area contributed by atoms with E-state index in [-0.39, 0.29) is 22.9 Å². The van der Waals surface area contributed by atoms with Gasteiger partial charge in [-0.15, -0.1) is 18.3 Å². The highest BCUT2D eigenvalue weighted by atomic mass is 19.4. The van der Waals surface area contributed by atoms with Gasteiger partial charge in [0, 0.05) is 5.57 Å². The standard InChI is InChI=1S/C26H24F3N3O4/c1-14(2)16-5-7-18(8-6-16)23(33)21-22(17-9-11-19(12-10-17)36-26(27,28)29)32(25(35)24(21)34)20-13-4-15(3)30-31-20/h4-5,7-14,16,22,34H,6H2,1-3H3. The molecule has 0 radical (unpaired) electrons. The molecule has 0 fully saturated rings. The molecule has 1 aromatic carbocycles. The summed E-state index contributed by atoms with van der Waals surface area (Å²) < 4.78 is 41.8. The predicted octanol–water partition coefficient (Wildman–Crippen LogP) is 5.31. The fraction of sp³-hybridized carbons (Fsp3) is 0.308. The molecule has 10 heteroatoms. The second-order valence-corrected chi connectivity index (χ2v) is 8.98. The minimum Gasteiger partial charge on any atom is -0.503 e. The maximum atomic E-state index is 13.6. The first-order valence-electron chi connectivity index (χ1n) is 11.3. The largest absolute Gasteiger partial charge is 0.573 e. The van der Waals surface area contributed by atoms with Crippen LogP contribution in [0.2, 0.25) is 0 Å². The van der Waals surface area contributed by atoms with E-state index in [1.807, 2.05) is 6.08 Å². The topological polar surface area (TPSA) is 92.6 Å². The number of Topliss-reactive ketones (excluding diaryl/α,β-unsaturated/α-hetero) is 1. The molecule has 1 N–H and O–H groups in total. The van der Waals surface area contributed by atoms with Gasteiger partial charge >= 0.3 is 6.36 Å². The number of ether oxygens (including phenoxy) is 1. The number of allylic oxidation sites excluding steroid dienone is 4. The number of anilines is 1. The predicted molar refractivity (Wildman–Crippen MR) is 125 cm³/mol. The molecular formula is C26H24F3N3O4. The van der Waals surface area contributed by atoms with E-state index in [0.29, 0.717) is 23.6 Å². The van der Waals surface area contributed by atoms with E-state index >= 15 is 0 Å². The number of hydrogen-bond donors (Lipinski definition) is 1. The van der Waals surface area contributed by atoms with Crippen molar-refractivity contribution in [2.75, 3.05) is 4.90 Å². The molecule has 2 aliphatic rings. The number of benzene rings is 1. The summed E-state index contributed by atoms with van der Waals surface area (Å²) in [6.45, 7) is 5.85. The summed E-state index contributed by atoms with van der Waals surface area (Å²) in [7, 11) is 0. The maximum Gasteiger partial charge on any atom is 0.573 e. The summed E-state index contributed by atoms with van der Waals surface area (Å²) in [4.78, 5) is 27.8. The molecule has 0 spiro atoms. The first kappa shape index (κ1) is 25.2. The van der Waals surface area contributed by atoms with Gasteiger partial charge in [-0.25, -0.2) is 0 Å². The molecule has 36 heavy (non-hydrogen) atoms. The van der Waals surface area contributed by atoms with Crippen LogP contribution in [0.25, 0.3) is 0 Å². The molecule has 2 aromatic rings. The van der Waals surface area contributed by atoms with Gasteiger partial charge in [-0.1, -0.05) is 44.2 Å². The van der Waals surface area contributed by atoms with E-state index in [1.165, 1.54) is 18.2 Å². The van der Waals surface area contributed by atoms with Crippen molar-refractivity contribution in [2.24, 2.45) is 11.8 Å². The van der Waals surface area contributed by atoms with Crippen molar-refractivity contribution in [1.82, 2.24) is 10.2 Å². The monoisotopic (exact) mass is 499 g/mol. The minimum atomic E-state index is -4.87. The number of amides is 1. The van der Waals surface area contributed by atoms with Crippen LogP contribution in [0.5, 0.6) is 5.75 Å². The summed E-state index contributed by atoms with van der Waals surface area (Å²) in [5, 5.41) is 18.8. The molecule has 0 bridgehead atoms. The second-order valence-electron chi connectivity index (χ2n) is 8.98. The third kappa shape index (κ3) is 5.02. The molecule has 4 rings (SSSR count). The molecule has 2 heterocycles. The van der Waals surface area contributed by atoms with E-state index in [9.17, 15) is 27.9 Å². The lowest BCUT2D eigenvalue weighted by Crippen LogP contribution is -2.32. The third-order valence-corrected chi connectivity index (χ3v) is 6.16. The van der Waals surface area contributed by atoms with Crippen molar-refractivity contribution in [1.29, 1.82) is 0 Å². The van der Waals surface area contributed by atoms with Gasteiger partial charge in [0.2, 0.25) is 0 Å². The van der Waals surface area contributed by atoms with E-state index in [0.717, 1.165) is 17.0 Å². The lowest BCUT2D eigenvalue weighted by molar-refractivity contribution is -0.274. The van der Waals surface area contributed by atoms with Crippen LogP contribution in [-0.2, 0) is 9.59 Å². The SMILES string of the molecule is Cc1ccc(N2C(=O)C(O)=C(C(=O)C3=CCC(C(C)C)C=C3)C2c2ccc(OC(F)(F)F)cc2)nn1. The number of carbonyl (C=O) groups is 2. The van der Waals surface area contributed by atoms with E-state index < -0.39 is 35.6 Å². The number of aliphatic hydroxyl groups is 1. The normalized spacial score (nSPS) is 20.2. The Morgan fingerprint density at radius 2 is 1.83 bits per heavy atom. The zero-order valence-corrected chi connectivity index (χ0v) is 19.8. The zero-order valence-electron chi connectivity index (χ0n) is 19.8. The number of halogens is 3. The number of rotatable bonds is 6. The van der Waals surface area contributed by atoms with Crippen LogP contribution in [0.3, 0.4) is 0 Å². The Morgan fingerprint density at radius 1 is 1.14 bits per heavy atom. The van der Waals surface area contributed by atoms with Gasteiger partial charge in [-0.05, 0) is 55.0 Å². The van der Waals surface area contributed by atoms with Gasteiger partial charge in [0.05, 0.1) is 17.3 Å². The van der Waals surface area contributed by atoms with Crippen LogP contribution >= 0.6 is 0 Å². The van der Waals surface area contributed by atoms with Crippen LogP contribution in [0, 0.1) is 18.8 Å². The Bertz CT molecular complexity index is 1260. The van der Waals surface area contributed by atoms with Crippen molar-refractivity contribution in [3.63, 3.8) is 0 Å². The van der Waals surface area contributed by atoms with Gasteiger partial charge in [0.1, 0.15) is 5.75 Å². The van der Waals surface area contributed by atoms with Crippen LogP contribution in [0.4, 0.5) is 19.0 Å². The Morgan fingerprint density at radius 3 is 2.36 bits per heavy atom. The zero-order chi connectivity index (χ0) is 26.2. The molecular weight excluding hydrogens is 475 g/mol. The molecule has 0 saturated carbocycles. The number of alkyl halides is 3. The van der Waals surface area contributed by atoms with Crippen LogP contribution in [-0.4, -0.2) is 33.4 Å². The highest BCUT2D eigenvalue weighted by Crippen LogP contribution is 2.42. The molecule has 1 aromatic heterocycles. The fourth-order valence-corrected chi connectivity index (χ4v) is 4.22. The number of aliphatic hydroxyl groups excluding tert-OH is 1. The molecule has 2 unspecified atom stereocenters. The Labute approximate surface area is 205 Å². The van der Waals surface area contributed by atoms with E-state index in [4.69, 9.17) is 0 Å². The number of hydrogen-bond acceptors (Lipinski definition) is 6. The van der Waals surface area contributed by atoms with Crippen molar-refractivity contribution >= 4 is 17.5 Å². The van der Waals surface area contributed by atoms with Gasteiger partial charge in [-0.3, -0.25) is 14.5 Å². The lowest BCUT2D eigenvalue weighted by atomic mass is 9.84. The van der Waals surface area contributed by atoms with Crippen molar-refractivity contribution in [3.05, 3.63) is 82.8 Å². The van der Waals surface area contributed by atoms with Gasteiger partial charge in [0.15, 0.2) is 17.4 Å². The second kappa shape index (κ2) is 9.60. The first-order chi connectivity index (χ1) is 17.0. The number of nitrogens with zero attached hydrogens (tertiary/aromatic N) is 3. The average molecular weight is 499 g/mol. The van der Waals surface area contributed by atoms with Crippen LogP contribution < -0.4 is 9.64 Å². The first-order valence-corrected chi connectivity index (χ1v) is 11.3. The van der Waals surface area contributed by atoms with Crippen LogP contribution in [0.15, 0.2) is 71.5 Å². The number of aromatic nitrogens is 2. The molecule has 188 valence electrons. The highest BCUT2D eigenvalue weighted by Gasteiger charge is 2.45. The van der Waals surface area contributed by atoms with Crippen molar-refractivity contribution < 1.29 is 32.6 Å². The maximum absolute atomic E-state index is 13.6. The third-order valence-electron chi connectivity index (χ3n) is 6.16. The summed E-state index contributed by atoms with van der Waals surface area (Å²) in [6, 6.07) is 6.76. The summed E-state index contributed by atoms with van der Waals surface area (Å²) in [6.07, 6.45) is 1.12. The smallest absolute Gasteiger partial charge is 0.503 e. The Kier molecular flexibility index (Phi) is 6.71. The fourth-order valence-electron chi connectivity index (χ4n) is 4.22.